The molecule has 92 heavy (non-hydrogen) atoms. The number of para-hydroxylation sites is 2. The normalized spacial score (nSPS) is 11.7. The molecule has 2 aromatic heterocycles. The average Bonchev–Trinajstić information content (AvgIpc) is 1.43. The van der Waals surface area contributed by atoms with Crippen molar-refractivity contribution in [2.75, 3.05) is 9.80 Å². The van der Waals surface area contributed by atoms with Crippen LogP contribution in [0.2, 0.25) is 0 Å². The van der Waals surface area contributed by atoms with E-state index in [1.165, 1.54) is 70.7 Å². The Kier molecular flexibility index (Phi) is 12.5. The first kappa shape index (κ1) is 52.8. The third kappa shape index (κ3) is 8.83. The van der Waals surface area contributed by atoms with Gasteiger partial charge in [0, 0.05) is 61.1 Å². The van der Waals surface area contributed by atoms with Gasteiger partial charge in [-0.25, -0.2) is 0 Å². The number of hydrogen-bond acceptors (Lipinski definition) is 3. The van der Waals surface area contributed by atoms with Gasteiger partial charge in [0.1, 0.15) is 11.2 Å². The molecule has 4 nitrogen and oxygen atoms in total. The molecular formula is C88H57N3O. The first-order chi connectivity index (χ1) is 45.6. The molecule has 0 radical (unpaired) electrons. The van der Waals surface area contributed by atoms with Gasteiger partial charge < -0.3 is 18.8 Å². The Balaban J connectivity index is 0.800. The molecule has 4 heteroatoms. The summed E-state index contributed by atoms with van der Waals surface area (Å²) >= 11 is 0. The highest BCUT2D eigenvalue weighted by molar-refractivity contribution is 6.26. The van der Waals surface area contributed by atoms with E-state index in [1.807, 2.05) is 12.1 Å². The minimum atomic E-state index is 0.892. The zero-order valence-electron chi connectivity index (χ0n) is 50.2. The van der Waals surface area contributed by atoms with E-state index in [0.29, 0.717) is 0 Å². The number of fused-ring (bicyclic) bond motifs is 13. The smallest absolute Gasteiger partial charge is 0.136 e. The number of aromatic nitrogens is 1. The summed E-state index contributed by atoms with van der Waals surface area (Å²) in [4.78, 5) is 4.80. The van der Waals surface area contributed by atoms with Crippen molar-refractivity contribution in [1.82, 2.24) is 4.57 Å². The van der Waals surface area contributed by atoms with Gasteiger partial charge in [0.2, 0.25) is 0 Å². The van der Waals surface area contributed by atoms with E-state index < -0.39 is 0 Å². The minimum absolute atomic E-state index is 0.892. The van der Waals surface area contributed by atoms with Crippen molar-refractivity contribution in [2.45, 2.75) is 0 Å². The van der Waals surface area contributed by atoms with Crippen LogP contribution in [0.1, 0.15) is 0 Å². The fourth-order valence-electron chi connectivity index (χ4n) is 14.5. The standard InChI is InChI=1S/C88H57N3O/c1-4-19-58(20-5-1)59-35-44-67(45-36-59)90(83-54-51-70(61-21-6-2-7-22-61)72-25-14-15-30-78(72)83)68-49-53-85-82(57-68)81-55-63(41-52-84(81)91(85)69-48-50-77-75-28-11-10-26-73(75)74-27-12-13-29-76(74)80(77)56-69)60-37-42-65(43-38-60)89(64-23-8-3-9-24-64)66-46-39-62(40-47-66)71-32-18-34-87-88(71)79-31-16-17-33-86(79)92-87/h1-57H. The lowest BCUT2D eigenvalue weighted by Gasteiger charge is -2.28. The van der Waals surface area contributed by atoms with Crippen LogP contribution >= 0.6 is 0 Å². The van der Waals surface area contributed by atoms with Crippen molar-refractivity contribution in [3.63, 3.8) is 0 Å². The largest absolute Gasteiger partial charge is 0.456 e. The molecule has 0 saturated carbocycles. The number of furan rings is 1. The molecule has 2 heterocycles. The molecular weight excluding hydrogens is 1110 g/mol. The summed E-state index contributed by atoms with van der Waals surface area (Å²) in [5.41, 5.74) is 20.9. The maximum atomic E-state index is 6.30. The minimum Gasteiger partial charge on any atom is -0.456 e. The molecule has 430 valence electrons. The zero-order chi connectivity index (χ0) is 60.6. The highest BCUT2D eigenvalue weighted by Crippen LogP contribution is 2.47. The summed E-state index contributed by atoms with van der Waals surface area (Å²) in [6.45, 7) is 0. The highest BCUT2D eigenvalue weighted by atomic mass is 16.3. The van der Waals surface area contributed by atoms with Crippen molar-refractivity contribution in [3.05, 3.63) is 346 Å². The molecule has 0 saturated heterocycles. The fraction of sp³-hybridized carbons (Fsp3) is 0. The summed E-state index contributed by atoms with van der Waals surface area (Å²) in [5.74, 6) is 0. The van der Waals surface area contributed by atoms with E-state index in [-0.39, 0.29) is 0 Å². The maximum Gasteiger partial charge on any atom is 0.136 e. The van der Waals surface area contributed by atoms with Gasteiger partial charge in [-0.05, 0) is 191 Å². The second-order valence-electron chi connectivity index (χ2n) is 23.9. The van der Waals surface area contributed by atoms with Gasteiger partial charge in [-0.1, -0.05) is 237 Å². The van der Waals surface area contributed by atoms with Crippen LogP contribution in [0.4, 0.5) is 34.1 Å². The lowest BCUT2D eigenvalue weighted by molar-refractivity contribution is 0.669. The van der Waals surface area contributed by atoms with E-state index >= 15 is 0 Å². The van der Waals surface area contributed by atoms with E-state index in [9.17, 15) is 0 Å². The van der Waals surface area contributed by atoms with E-state index in [0.717, 1.165) is 100 Å². The Bertz CT molecular complexity index is 5820. The summed E-state index contributed by atoms with van der Waals surface area (Å²) in [6.07, 6.45) is 0. The second-order valence-corrected chi connectivity index (χ2v) is 23.9. The van der Waals surface area contributed by atoms with Crippen LogP contribution in [0.3, 0.4) is 0 Å². The predicted octanol–water partition coefficient (Wildman–Crippen LogP) is 24.9. The predicted molar refractivity (Wildman–Crippen MR) is 389 cm³/mol. The van der Waals surface area contributed by atoms with Gasteiger partial charge in [0.15, 0.2) is 0 Å². The highest BCUT2D eigenvalue weighted by Gasteiger charge is 2.23. The van der Waals surface area contributed by atoms with Crippen molar-refractivity contribution in [3.8, 4) is 50.2 Å². The third-order valence-electron chi connectivity index (χ3n) is 18.8. The summed E-state index contributed by atoms with van der Waals surface area (Å²) < 4.78 is 8.78. The van der Waals surface area contributed by atoms with Crippen molar-refractivity contribution >= 4 is 121 Å². The van der Waals surface area contributed by atoms with Crippen LogP contribution < -0.4 is 9.80 Å². The summed E-state index contributed by atoms with van der Waals surface area (Å²) in [7, 11) is 0. The second kappa shape index (κ2) is 21.8. The first-order valence-electron chi connectivity index (χ1n) is 31.5. The molecule has 16 aromatic carbocycles. The third-order valence-corrected chi connectivity index (χ3v) is 18.8. The Morgan fingerprint density at radius 2 is 0.663 bits per heavy atom. The number of hydrogen-bond donors (Lipinski definition) is 0. The Labute approximate surface area is 532 Å². The van der Waals surface area contributed by atoms with E-state index in [2.05, 4.69) is 348 Å². The van der Waals surface area contributed by atoms with Gasteiger partial charge in [0.05, 0.1) is 16.7 Å². The molecule has 0 aliphatic heterocycles. The van der Waals surface area contributed by atoms with E-state index in [4.69, 9.17) is 4.42 Å². The SMILES string of the molecule is c1ccc(-c2ccc(N(c3ccc4c(c3)c3cc(-c5ccc(N(c6ccccc6)c6ccc(-c7cccc8oc9ccccc9c78)cc6)cc5)ccc3n4-c3ccc4c5ccccc5c5ccccc5c4c3)c3ccc(-c4ccccc4)c4ccccc34)cc2)cc1. The molecule has 0 N–H and O–H groups in total. The van der Waals surface area contributed by atoms with Crippen LogP contribution in [0.25, 0.3) is 137 Å². The fourth-order valence-corrected chi connectivity index (χ4v) is 14.5. The summed E-state index contributed by atoms with van der Waals surface area (Å²) in [5, 5.41) is 14.5. The quantitative estimate of drug-likeness (QED) is 0.121. The monoisotopic (exact) mass is 1170 g/mol. The topological polar surface area (TPSA) is 24.6 Å². The Morgan fingerprint density at radius 1 is 0.217 bits per heavy atom. The molecule has 0 fully saturated rings. The molecule has 0 atom stereocenters. The molecule has 0 aliphatic rings. The lowest BCUT2D eigenvalue weighted by atomic mass is 9.94. The van der Waals surface area contributed by atoms with Gasteiger partial charge in [-0.2, -0.15) is 0 Å². The van der Waals surface area contributed by atoms with Crippen molar-refractivity contribution in [2.24, 2.45) is 0 Å². The van der Waals surface area contributed by atoms with Gasteiger partial charge in [0.25, 0.3) is 0 Å². The molecule has 0 aliphatic carbocycles. The molecule has 0 amide bonds. The Morgan fingerprint density at radius 3 is 1.33 bits per heavy atom. The van der Waals surface area contributed by atoms with Crippen LogP contribution in [-0.4, -0.2) is 4.57 Å². The van der Waals surface area contributed by atoms with Crippen LogP contribution in [0, 0.1) is 0 Å². The van der Waals surface area contributed by atoms with Gasteiger partial charge in [-0.15, -0.1) is 0 Å². The van der Waals surface area contributed by atoms with Crippen LogP contribution in [0.15, 0.2) is 350 Å². The molecule has 18 rings (SSSR count). The Hall–Kier alpha value is -12.2. The molecule has 18 aromatic rings. The van der Waals surface area contributed by atoms with Crippen LogP contribution in [-0.2, 0) is 0 Å². The zero-order valence-corrected chi connectivity index (χ0v) is 50.2. The van der Waals surface area contributed by atoms with E-state index in [1.54, 1.807) is 0 Å². The molecule has 0 unspecified atom stereocenters. The van der Waals surface area contributed by atoms with Gasteiger partial charge in [-0.3, -0.25) is 0 Å². The summed E-state index contributed by atoms with van der Waals surface area (Å²) in [6, 6.07) is 126. The number of rotatable bonds is 11. The average molecular weight is 1170 g/mol. The van der Waals surface area contributed by atoms with Crippen molar-refractivity contribution < 1.29 is 4.42 Å². The number of benzene rings is 16. The maximum absolute atomic E-state index is 6.30. The number of anilines is 6. The lowest BCUT2D eigenvalue weighted by Crippen LogP contribution is -2.10. The number of nitrogens with zero attached hydrogens (tertiary/aromatic N) is 3. The van der Waals surface area contributed by atoms with Crippen molar-refractivity contribution in [1.29, 1.82) is 0 Å². The van der Waals surface area contributed by atoms with Crippen LogP contribution in [0.5, 0.6) is 0 Å². The first-order valence-corrected chi connectivity index (χ1v) is 31.5. The molecule has 0 bridgehead atoms. The molecule has 0 spiro atoms. The van der Waals surface area contributed by atoms with Gasteiger partial charge >= 0.3 is 0 Å².